The normalized spacial score (nSPS) is 23.2. The smallest absolute Gasteiger partial charge is 0.286 e. The van der Waals surface area contributed by atoms with Crippen LogP contribution in [0.4, 0.5) is 0 Å². The number of nitrogens with one attached hydrogen (secondary N) is 2. The number of H-pyrrole nitrogens is 1. The van der Waals surface area contributed by atoms with E-state index in [4.69, 9.17) is 11.6 Å². The molecule has 1 aliphatic heterocycles. The first-order valence-electron chi connectivity index (χ1n) is 11.2. The minimum absolute atomic E-state index is 0.0290. The molecule has 1 spiro atoms. The van der Waals surface area contributed by atoms with Crippen molar-refractivity contribution in [2.75, 3.05) is 5.75 Å². The lowest BCUT2D eigenvalue weighted by Crippen LogP contribution is -2.55. The van der Waals surface area contributed by atoms with Gasteiger partial charge in [-0.15, -0.1) is 11.8 Å². The Morgan fingerprint density at radius 3 is 2.69 bits per heavy atom. The molecule has 2 heterocycles. The summed E-state index contributed by atoms with van der Waals surface area (Å²) < 4.78 is 0. The van der Waals surface area contributed by atoms with Crippen LogP contribution in [0.5, 0.6) is 0 Å². The maximum absolute atomic E-state index is 13.6. The number of aromatic nitrogens is 1. The highest BCUT2D eigenvalue weighted by Crippen LogP contribution is 2.48. The van der Waals surface area contributed by atoms with E-state index >= 15 is 0 Å². The van der Waals surface area contributed by atoms with Crippen LogP contribution in [-0.2, 0) is 4.79 Å². The van der Waals surface area contributed by atoms with Crippen LogP contribution in [0.1, 0.15) is 49.5 Å². The predicted molar refractivity (Wildman–Crippen MR) is 130 cm³/mol. The van der Waals surface area contributed by atoms with Crippen LogP contribution < -0.4 is 5.43 Å². The molecule has 2 aromatic carbocycles. The van der Waals surface area contributed by atoms with Gasteiger partial charge in [-0.2, -0.15) is 0 Å². The Labute approximate surface area is 196 Å². The van der Waals surface area contributed by atoms with Gasteiger partial charge in [-0.3, -0.25) is 15.0 Å². The number of thioether (sulfide) groups is 1. The van der Waals surface area contributed by atoms with Crippen LogP contribution in [0.2, 0.25) is 5.02 Å². The van der Waals surface area contributed by atoms with Gasteiger partial charge in [0, 0.05) is 21.5 Å². The first-order valence-corrected chi connectivity index (χ1v) is 12.5. The number of hydrogen-bond donors (Lipinski definition) is 2. The summed E-state index contributed by atoms with van der Waals surface area (Å²) in [6.07, 6.45) is 5.16. The Morgan fingerprint density at radius 2 is 1.97 bits per heavy atom. The average Bonchev–Trinajstić information content (AvgIpc) is 3.33. The van der Waals surface area contributed by atoms with Gasteiger partial charge in [0.1, 0.15) is 10.6 Å². The van der Waals surface area contributed by atoms with Crippen LogP contribution in [-0.4, -0.2) is 32.4 Å². The van der Waals surface area contributed by atoms with Gasteiger partial charge < -0.3 is 4.98 Å². The quantitative estimate of drug-likeness (QED) is 0.494. The molecular formula is C25H26ClN3O2S. The van der Waals surface area contributed by atoms with Gasteiger partial charge in [-0.05, 0) is 55.4 Å². The summed E-state index contributed by atoms with van der Waals surface area (Å²) in [5.74, 6) is 0.783. The minimum Gasteiger partial charge on any atom is -0.350 e. The van der Waals surface area contributed by atoms with Crippen LogP contribution in [0, 0.1) is 5.92 Å². The number of nitrogens with zero attached hydrogens (tertiary/aromatic N) is 1. The number of rotatable bonds is 4. The molecule has 0 unspecified atom stereocenters. The summed E-state index contributed by atoms with van der Waals surface area (Å²) in [6.45, 7) is 2.22. The third-order valence-corrected chi connectivity index (χ3v) is 8.60. The Hall–Kier alpha value is -2.44. The lowest BCUT2D eigenvalue weighted by molar-refractivity contribution is -0.134. The van der Waals surface area contributed by atoms with Crippen LogP contribution in [0.25, 0.3) is 22.0 Å². The van der Waals surface area contributed by atoms with Crippen molar-refractivity contribution in [3.8, 4) is 11.1 Å². The second-order valence-corrected chi connectivity index (χ2v) is 10.5. The molecule has 3 aromatic rings. The molecule has 1 aromatic heterocycles. The molecule has 5 rings (SSSR count). The van der Waals surface area contributed by atoms with Gasteiger partial charge in [0.15, 0.2) is 0 Å². The van der Waals surface area contributed by atoms with E-state index in [2.05, 4.69) is 17.3 Å². The average molecular weight is 468 g/mol. The lowest BCUT2D eigenvalue weighted by atomic mass is 9.84. The number of hydrazine groups is 1. The Morgan fingerprint density at radius 1 is 1.22 bits per heavy atom. The summed E-state index contributed by atoms with van der Waals surface area (Å²) in [4.78, 5) is 29.3. The third kappa shape index (κ3) is 3.69. The molecule has 2 fully saturated rings. The molecular weight excluding hydrogens is 442 g/mol. The van der Waals surface area contributed by atoms with E-state index in [0.29, 0.717) is 22.4 Å². The molecule has 0 radical (unpaired) electrons. The Kier molecular flexibility index (Phi) is 5.68. The molecule has 1 saturated heterocycles. The number of hydrogen-bond acceptors (Lipinski definition) is 3. The molecule has 1 saturated carbocycles. The first-order chi connectivity index (χ1) is 15.5. The van der Waals surface area contributed by atoms with Gasteiger partial charge in [0.25, 0.3) is 11.8 Å². The number of aromatic amines is 1. The van der Waals surface area contributed by atoms with Gasteiger partial charge in [-0.1, -0.05) is 55.3 Å². The number of carbonyl (C=O) groups excluding carboxylic acids is 2. The molecule has 2 aliphatic rings. The summed E-state index contributed by atoms with van der Waals surface area (Å²) in [6, 6.07) is 15.3. The lowest BCUT2D eigenvalue weighted by Gasteiger charge is -2.42. The van der Waals surface area contributed by atoms with Crippen molar-refractivity contribution in [1.29, 1.82) is 0 Å². The zero-order valence-corrected chi connectivity index (χ0v) is 19.6. The van der Waals surface area contributed by atoms with E-state index in [9.17, 15) is 9.59 Å². The highest BCUT2D eigenvalue weighted by atomic mass is 35.5. The summed E-state index contributed by atoms with van der Waals surface area (Å²) in [5, 5.41) is 3.12. The van der Waals surface area contributed by atoms with Crippen molar-refractivity contribution < 1.29 is 9.59 Å². The molecule has 1 aliphatic carbocycles. The van der Waals surface area contributed by atoms with Crippen LogP contribution in [0.3, 0.4) is 0 Å². The Bertz CT molecular complexity index is 1170. The second-order valence-electron chi connectivity index (χ2n) is 8.69. The molecule has 2 amide bonds. The fourth-order valence-corrected chi connectivity index (χ4v) is 6.51. The summed E-state index contributed by atoms with van der Waals surface area (Å²) in [7, 11) is 0. The SMILES string of the molecule is CCC1CCC2(CC1)SCC(=O)N2NC(=O)c1[nH]c2ccc(Cl)cc2c1-c1ccccc1. The van der Waals surface area contributed by atoms with Crippen molar-refractivity contribution in [2.24, 2.45) is 5.92 Å². The van der Waals surface area contributed by atoms with Crippen molar-refractivity contribution in [2.45, 2.75) is 43.9 Å². The summed E-state index contributed by atoms with van der Waals surface area (Å²) in [5.41, 5.74) is 5.97. The van der Waals surface area contributed by atoms with Gasteiger partial charge >= 0.3 is 0 Å². The van der Waals surface area contributed by atoms with E-state index < -0.39 is 0 Å². The molecule has 2 N–H and O–H groups in total. The third-order valence-electron chi connectivity index (χ3n) is 6.85. The van der Waals surface area contributed by atoms with Gasteiger partial charge in [0.2, 0.25) is 0 Å². The number of carbonyl (C=O) groups is 2. The zero-order chi connectivity index (χ0) is 22.3. The van der Waals surface area contributed by atoms with Crippen molar-refractivity contribution >= 4 is 46.1 Å². The van der Waals surface area contributed by atoms with Crippen molar-refractivity contribution in [3.63, 3.8) is 0 Å². The zero-order valence-electron chi connectivity index (χ0n) is 18.0. The highest BCUT2D eigenvalue weighted by Gasteiger charge is 2.49. The predicted octanol–water partition coefficient (Wildman–Crippen LogP) is 6.01. The fraction of sp³-hybridized carbons (Fsp3) is 0.360. The minimum atomic E-state index is -0.333. The van der Waals surface area contributed by atoms with Crippen LogP contribution >= 0.6 is 23.4 Å². The van der Waals surface area contributed by atoms with E-state index in [1.165, 1.54) is 6.42 Å². The topological polar surface area (TPSA) is 65.2 Å². The van der Waals surface area contributed by atoms with E-state index in [1.54, 1.807) is 22.8 Å². The maximum atomic E-state index is 13.6. The molecule has 0 atom stereocenters. The molecule has 5 nitrogen and oxygen atoms in total. The fourth-order valence-electron chi connectivity index (χ4n) is 5.02. The second kappa shape index (κ2) is 8.49. The molecule has 32 heavy (non-hydrogen) atoms. The van der Waals surface area contributed by atoms with E-state index in [0.717, 1.165) is 47.7 Å². The van der Waals surface area contributed by atoms with Gasteiger partial charge in [0.05, 0.1) is 5.75 Å². The van der Waals surface area contributed by atoms with Crippen molar-refractivity contribution in [3.05, 3.63) is 59.2 Å². The Balaban J connectivity index is 1.51. The molecule has 0 bridgehead atoms. The summed E-state index contributed by atoms with van der Waals surface area (Å²) >= 11 is 7.95. The monoisotopic (exact) mass is 467 g/mol. The van der Waals surface area contributed by atoms with Crippen molar-refractivity contribution in [1.82, 2.24) is 15.4 Å². The molecule has 166 valence electrons. The highest BCUT2D eigenvalue weighted by molar-refractivity contribution is 8.01. The van der Waals surface area contributed by atoms with E-state index in [-0.39, 0.29) is 16.7 Å². The standard InChI is InChI=1S/C25H26ClN3O2S/c1-2-16-10-12-25(13-11-16)29(21(30)15-32-25)28-24(31)23-22(17-6-4-3-5-7-17)19-14-18(26)8-9-20(19)27-23/h3-9,14,16,27H,2,10-13,15H2,1H3,(H,28,31). The number of benzene rings is 2. The molecule has 7 heteroatoms. The van der Waals surface area contributed by atoms with Crippen LogP contribution in [0.15, 0.2) is 48.5 Å². The number of halogens is 1. The maximum Gasteiger partial charge on any atom is 0.286 e. The number of fused-ring (bicyclic) bond motifs is 1. The largest absolute Gasteiger partial charge is 0.350 e. The number of amides is 2. The first kappa shape index (κ1) is 21.4. The van der Waals surface area contributed by atoms with E-state index in [1.807, 2.05) is 42.5 Å². The van der Waals surface area contributed by atoms with Gasteiger partial charge in [-0.25, -0.2) is 5.01 Å².